The van der Waals surface area contributed by atoms with E-state index in [1.807, 2.05) is 24.3 Å². The maximum absolute atomic E-state index is 13.2. The number of pyridine rings is 1. The lowest BCUT2D eigenvalue weighted by molar-refractivity contribution is -0.117. The van der Waals surface area contributed by atoms with E-state index in [4.69, 9.17) is 0 Å². The summed E-state index contributed by atoms with van der Waals surface area (Å²) in [6, 6.07) is 13.7. The molecule has 2 heterocycles. The molecule has 2 aliphatic rings. The smallest absolute Gasteiger partial charge is 0.231 e. The molecule has 0 saturated heterocycles. The zero-order valence-corrected chi connectivity index (χ0v) is 18.2. The molecule has 0 bridgehead atoms. The van der Waals surface area contributed by atoms with E-state index in [9.17, 15) is 14.0 Å². The molecule has 2 atom stereocenters. The number of carbonyl (C=O) groups excluding carboxylic acids is 2. The number of fused-ring (bicyclic) bond motifs is 1. The summed E-state index contributed by atoms with van der Waals surface area (Å²) < 4.78 is 13.2. The van der Waals surface area contributed by atoms with Gasteiger partial charge in [-0.25, -0.2) is 9.37 Å². The van der Waals surface area contributed by atoms with Gasteiger partial charge in [-0.2, -0.15) is 0 Å². The van der Waals surface area contributed by atoms with Crippen molar-refractivity contribution in [3.63, 3.8) is 0 Å². The van der Waals surface area contributed by atoms with Crippen LogP contribution in [-0.2, 0) is 17.6 Å². The van der Waals surface area contributed by atoms with Crippen molar-refractivity contribution in [2.24, 2.45) is 11.3 Å². The summed E-state index contributed by atoms with van der Waals surface area (Å²) in [4.78, 5) is 33.1. The van der Waals surface area contributed by atoms with Crippen molar-refractivity contribution in [1.82, 2.24) is 9.97 Å². The quantitative estimate of drug-likeness (QED) is 0.589. The molecular weight excluding hydrogens is 405 g/mol. The monoisotopic (exact) mass is 431 g/mol. The molecule has 5 nitrogen and oxygen atoms in total. The molecule has 0 aliphatic heterocycles. The normalized spacial score (nSPS) is 21.2. The molecule has 5 rings (SSSR count). The number of hydrogen-bond acceptors (Lipinski definition) is 3. The third kappa shape index (κ3) is 3.97. The number of rotatable bonds is 5. The third-order valence-corrected chi connectivity index (χ3v) is 6.33. The number of nitrogens with one attached hydrogen (secondary N) is 2. The molecule has 1 saturated carbocycles. The molecular formula is C26H26FN3O2. The number of aromatic amines is 1. The minimum absolute atomic E-state index is 0.0965. The van der Waals surface area contributed by atoms with Gasteiger partial charge in [-0.15, -0.1) is 0 Å². The average Bonchev–Trinajstić information content (AvgIpc) is 3.37. The van der Waals surface area contributed by atoms with Crippen LogP contribution in [0.1, 0.15) is 53.9 Å². The topological polar surface area (TPSA) is 74.8 Å². The highest BCUT2D eigenvalue weighted by molar-refractivity contribution is 6.02. The molecule has 0 spiro atoms. The van der Waals surface area contributed by atoms with Crippen LogP contribution in [0.4, 0.5) is 10.2 Å². The van der Waals surface area contributed by atoms with Crippen molar-refractivity contribution in [1.29, 1.82) is 0 Å². The Labute approximate surface area is 186 Å². The van der Waals surface area contributed by atoms with E-state index in [1.54, 1.807) is 12.3 Å². The second-order valence-electron chi connectivity index (χ2n) is 9.71. The molecule has 1 aromatic carbocycles. The van der Waals surface area contributed by atoms with Crippen molar-refractivity contribution < 1.29 is 14.0 Å². The van der Waals surface area contributed by atoms with Crippen LogP contribution < -0.4 is 5.32 Å². The number of nitrogens with zero attached hydrogens (tertiary/aromatic N) is 1. The van der Waals surface area contributed by atoms with Crippen molar-refractivity contribution >= 4 is 17.5 Å². The molecule has 0 radical (unpaired) electrons. The average molecular weight is 432 g/mol. The Morgan fingerprint density at radius 3 is 2.69 bits per heavy atom. The molecule has 1 fully saturated rings. The van der Waals surface area contributed by atoms with Crippen LogP contribution in [0.2, 0.25) is 0 Å². The molecule has 32 heavy (non-hydrogen) atoms. The van der Waals surface area contributed by atoms with Crippen LogP contribution in [0.3, 0.4) is 0 Å². The van der Waals surface area contributed by atoms with E-state index in [2.05, 4.69) is 41.3 Å². The maximum Gasteiger partial charge on any atom is 0.231 e. The van der Waals surface area contributed by atoms with E-state index >= 15 is 0 Å². The van der Waals surface area contributed by atoms with Crippen molar-refractivity contribution in [3.8, 4) is 11.3 Å². The first-order valence-electron chi connectivity index (χ1n) is 11.0. The minimum Gasteiger partial charge on any atom is -0.358 e. The first-order valence-corrected chi connectivity index (χ1v) is 11.0. The lowest BCUT2D eigenvalue weighted by Crippen LogP contribution is -2.27. The van der Waals surface area contributed by atoms with E-state index in [0.717, 1.165) is 40.1 Å². The first-order chi connectivity index (χ1) is 15.3. The van der Waals surface area contributed by atoms with Crippen LogP contribution >= 0.6 is 0 Å². The third-order valence-electron chi connectivity index (χ3n) is 6.33. The van der Waals surface area contributed by atoms with Crippen LogP contribution in [0.25, 0.3) is 11.3 Å². The SMILES string of the molecule is CC1(C)CC(=O)c2c([nH]c(-c3ccnc(NC(=O)[C@@H]4C[C@H]4F)c3)c2Cc2ccccc2)C1. The zero-order chi connectivity index (χ0) is 22.5. The number of carbonyl (C=O) groups is 2. The molecule has 2 aromatic heterocycles. The maximum atomic E-state index is 13.2. The standard InChI is InChI=1S/C26H26FN3O2/c1-26(2)13-20-23(21(31)14-26)18(10-15-6-4-3-5-7-15)24(29-20)16-8-9-28-22(11-16)30-25(32)17-12-19(17)27/h3-9,11,17,19,29H,10,12-14H2,1-2H3,(H,28,30,32)/t17-,19-/m1/s1. The van der Waals surface area contributed by atoms with Gasteiger partial charge in [-0.1, -0.05) is 44.2 Å². The number of anilines is 1. The van der Waals surface area contributed by atoms with Gasteiger partial charge in [-0.05, 0) is 41.5 Å². The second kappa shape index (κ2) is 7.69. The number of benzene rings is 1. The van der Waals surface area contributed by atoms with E-state index in [-0.39, 0.29) is 23.5 Å². The zero-order valence-electron chi connectivity index (χ0n) is 18.2. The van der Waals surface area contributed by atoms with Crippen LogP contribution in [0, 0.1) is 11.3 Å². The summed E-state index contributed by atoms with van der Waals surface area (Å²) in [7, 11) is 0. The molecule has 2 aliphatic carbocycles. The predicted molar refractivity (Wildman–Crippen MR) is 121 cm³/mol. The summed E-state index contributed by atoms with van der Waals surface area (Å²) in [5.41, 5.74) is 5.48. The van der Waals surface area contributed by atoms with Gasteiger partial charge in [0.25, 0.3) is 0 Å². The lowest BCUT2D eigenvalue weighted by atomic mass is 9.75. The number of Topliss-reactive ketones (excluding diaryl/α,β-unsaturated/α-hetero) is 1. The fourth-order valence-electron chi connectivity index (χ4n) is 4.66. The number of alkyl halides is 1. The number of H-pyrrole nitrogens is 1. The first kappa shape index (κ1) is 20.6. The van der Waals surface area contributed by atoms with Crippen molar-refractivity contribution in [3.05, 3.63) is 71.0 Å². The van der Waals surface area contributed by atoms with Gasteiger partial charge in [0.15, 0.2) is 5.78 Å². The number of amides is 1. The van der Waals surface area contributed by atoms with Crippen LogP contribution in [-0.4, -0.2) is 27.8 Å². The van der Waals surface area contributed by atoms with E-state index < -0.39 is 12.1 Å². The van der Waals surface area contributed by atoms with E-state index in [0.29, 0.717) is 18.7 Å². The largest absolute Gasteiger partial charge is 0.358 e. The molecule has 164 valence electrons. The fourth-order valence-corrected chi connectivity index (χ4v) is 4.66. The number of halogens is 1. The summed E-state index contributed by atoms with van der Waals surface area (Å²) in [6.45, 7) is 4.22. The predicted octanol–water partition coefficient (Wildman–Crippen LogP) is 5.12. The van der Waals surface area contributed by atoms with Gasteiger partial charge in [-0.3, -0.25) is 9.59 Å². The molecule has 6 heteroatoms. The second-order valence-corrected chi connectivity index (χ2v) is 9.71. The van der Waals surface area contributed by atoms with Crippen LogP contribution in [0.15, 0.2) is 48.7 Å². The van der Waals surface area contributed by atoms with Gasteiger partial charge in [0, 0.05) is 35.9 Å². The van der Waals surface area contributed by atoms with Gasteiger partial charge in [0.2, 0.25) is 5.91 Å². The summed E-state index contributed by atoms with van der Waals surface area (Å²) in [5, 5.41) is 2.73. The lowest BCUT2D eigenvalue weighted by Gasteiger charge is -2.28. The summed E-state index contributed by atoms with van der Waals surface area (Å²) in [5.74, 6) is -0.368. The Hall–Kier alpha value is -3.28. The Kier molecular flexibility index (Phi) is 4.96. The summed E-state index contributed by atoms with van der Waals surface area (Å²) >= 11 is 0. The fraction of sp³-hybridized carbons (Fsp3) is 0.346. The summed E-state index contributed by atoms with van der Waals surface area (Å²) in [6.07, 6.45) is 2.78. The highest BCUT2D eigenvalue weighted by Crippen LogP contribution is 2.40. The Morgan fingerprint density at radius 1 is 1.22 bits per heavy atom. The number of aromatic nitrogens is 2. The van der Waals surface area contributed by atoms with Crippen molar-refractivity contribution in [2.75, 3.05) is 5.32 Å². The molecule has 0 unspecified atom stereocenters. The van der Waals surface area contributed by atoms with Gasteiger partial charge in [0.1, 0.15) is 12.0 Å². The number of hydrogen-bond donors (Lipinski definition) is 2. The van der Waals surface area contributed by atoms with Crippen LogP contribution in [0.5, 0.6) is 0 Å². The molecule has 1 amide bonds. The Bertz CT molecular complexity index is 1200. The van der Waals surface area contributed by atoms with Gasteiger partial charge in [0.05, 0.1) is 11.6 Å². The number of ketones is 1. The Morgan fingerprint density at radius 2 is 1.97 bits per heavy atom. The minimum atomic E-state index is -1.06. The molecule has 2 N–H and O–H groups in total. The van der Waals surface area contributed by atoms with Gasteiger partial charge >= 0.3 is 0 Å². The Balaban J connectivity index is 1.55. The van der Waals surface area contributed by atoms with Crippen molar-refractivity contribution in [2.45, 2.75) is 45.7 Å². The molecule has 3 aromatic rings. The highest BCUT2D eigenvalue weighted by Gasteiger charge is 2.43. The van der Waals surface area contributed by atoms with Gasteiger partial charge < -0.3 is 10.3 Å². The highest BCUT2D eigenvalue weighted by atomic mass is 19.1. The van der Waals surface area contributed by atoms with E-state index in [1.165, 1.54) is 0 Å².